The molecule has 0 spiro atoms. The Morgan fingerprint density at radius 2 is 2.15 bits per heavy atom. The normalized spacial score (nSPS) is 11.0. The summed E-state index contributed by atoms with van der Waals surface area (Å²) in [5, 5.41) is 2.06. The van der Waals surface area contributed by atoms with Gasteiger partial charge in [-0.1, -0.05) is 6.07 Å². The molecule has 4 aromatic rings. The Labute approximate surface area is 119 Å². The molecule has 0 amide bonds. The average molecular weight is 281 g/mol. The lowest BCUT2D eigenvalue weighted by Gasteiger charge is -2.05. The van der Waals surface area contributed by atoms with Crippen molar-refractivity contribution in [1.82, 2.24) is 14.5 Å². The maximum atomic E-state index is 5.51. The summed E-state index contributed by atoms with van der Waals surface area (Å²) >= 11 is 1.69. The van der Waals surface area contributed by atoms with E-state index in [4.69, 9.17) is 4.42 Å². The topological polar surface area (TPSA) is 46.8 Å². The number of hydrogen-bond donors (Lipinski definition) is 1. The van der Waals surface area contributed by atoms with Gasteiger partial charge in [0, 0.05) is 6.20 Å². The van der Waals surface area contributed by atoms with Crippen molar-refractivity contribution in [2.24, 2.45) is 0 Å². The van der Waals surface area contributed by atoms with Gasteiger partial charge >= 0.3 is 0 Å². The van der Waals surface area contributed by atoms with Gasteiger partial charge in [-0.2, -0.15) is 0 Å². The van der Waals surface area contributed by atoms with Crippen LogP contribution in [0.3, 0.4) is 0 Å². The van der Waals surface area contributed by atoms with E-state index in [0.717, 1.165) is 27.8 Å². The van der Waals surface area contributed by atoms with Gasteiger partial charge in [0.05, 0.1) is 16.8 Å². The summed E-state index contributed by atoms with van der Waals surface area (Å²) < 4.78 is 7.55. The van der Waals surface area contributed by atoms with Crippen LogP contribution in [0.5, 0.6) is 0 Å². The molecule has 0 saturated heterocycles. The number of nitrogens with one attached hydrogen (secondary N) is 1. The van der Waals surface area contributed by atoms with Crippen LogP contribution in [0.1, 0.15) is 0 Å². The molecule has 5 heteroatoms. The fraction of sp³-hybridized carbons (Fsp3) is 0. The molecule has 0 radical (unpaired) electrons. The number of nitrogens with zero attached hydrogens (tertiary/aromatic N) is 2. The van der Waals surface area contributed by atoms with Crippen molar-refractivity contribution in [3.63, 3.8) is 0 Å². The Bertz CT molecular complexity index is 744. The molecule has 0 aliphatic heterocycles. The second-order valence-corrected chi connectivity index (χ2v) is 5.27. The third-order valence-electron chi connectivity index (χ3n) is 3.12. The second kappa shape index (κ2) is 4.54. The molecule has 0 aromatic carbocycles. The first-order valence-corrected chi connectivity index (χ1v) is 7.10. The number of imidazole rings is 1. The van der Waals surface area contributed by atoms with Crippen molar-refractivity contribution in [1.29, 1.82) is 0 Å². The highest BCUT2D eigenvalue weighted by atomic mass is 32.1. The van der Waals surface area contributed by atoms with E-state index in [0.29, 0.717) is 0 Å². The molecule has 0 atom stereocenters. The van der Waals surface area contributed by atoms with Crippen LogP contribution >= 0.6 is 11.3 Å². The monoisotopic (exact) mass is 281 g/mol. The minimum Gasteiger partial charge on any atom is -0.463 e. The summed E-state index contributed by atoms with van der Waals surface area (Å²) in [5.74, 6) is 1.76. The average Bonchev–Trinajstić information content (AvgIpc) is 3.23. The molecule has 0 unspecified atom stereocenters. The minimum absolute atomic E-state index is 0.777. The standard InChI is InChI=1S/C15H11N3OS/c1-6-13(16-7-1)18-10-17-14(11-4-2-8-19-11)15(18)12-5-3-9-20-12/h1-10,16H. The van der Waals surface area contributed by atoms with Crippen molar-refractivity contribution in [2.75, 3.05) is 0 Å². The highest BCUT2D eigenvalue weighted by molar-refractivity contribution is 7.13. The van der Waals surface area contributed by atoms with Crippen LogP contribution in [-0.4, -0.2) is 14.5 Å². The van der Waals surface area contributed by atoms with Gasteiger partial charge < -0.3 is 9.40 Å². The lowest BCUT2D eigenvalue weighted by atomic mass is 10.2. The molecule has 98 valence electrons. The lowest BCUT2D eigenvalue weighted by molar-refractivity contribution is 0.580. The molecule has 0 fully saturated rings. The van der Waals surface area contributed by atoms with Gasteiger partial charge in [-0.15, -0.1) is 11.3 Å². The molecule has 0 aliphatic carbocycles. The van der Waals surface area contributed by atoms with Crippen molar-refractivity contribution < 1.29 is 4.42 Å². The largest absolute Gasteiger partial charge is 0.463 e. The van der Waals surface area contributed by atoms with Gasteiger partial charge in [0.25, 0.3) is 0 Å². The molecule has 20 heavy (non-hydrogen) atoms. The Hall–Kier alpha value is -2.53. The molecule has 1 N–H and O–H groups in total. The zero-order valence-corrected chi connectivity index (χ0v) is 11.3. The molecule has 4 aromatic heterocycles. The van der Waals surface area contributed by atoms with E-state index in [9.17, 15) is 0 Å². The zero-order chi connectivity index (χ0) is 13.4. The van der Waals surface area contributed by atoms with E-state index in [-0.39, 0.29) is 0 Å². The number of thiophene rings is 1. The summed E-state index contributed by atoms with van der Waals surface area (Å²) in [7, 11) is 0. The number of aromatic amines is 1. The molecule has 4 nitrogen and oxygen atoms in total. The number of rotatable bonds is 3. The predicted molar refractivity (Wildman–Crippen MR) is 78.9 cm³/mol. The van der Waals surface area contributed by atoms with Gasteiger partial charge in [0.15, 0.2) is 5.76 Å². The maximum Gasteiger partial charge on any atom is 0.154 e. The Morgan fingerprint density at radius 1 is 1.15 bits per heavy atom. The van der Waals surface area contributed by atoms with E-state index in [1.807, 2.05) is 47.4 Å². The first-order valence-electron chi connectivity index (χ1n) is 6.22. The van der Waals surface area contributed by atoms with Crippen molar-refractivity contribution >= 4 is 11.3 Å². The van der Waals surface area contributed by atoms with Gasteiger partial charge in [0.2, 0.25) is 0 Å². The van der Waals surface area contributed by atoms with Crippen molar-refractivity contribution in [3.05, 3.63) is 60.6 Å². The minimum atomic E-state index is 0.777. The van der Waals surface area contributed by atoms with E-state index >= 15 is 0 Å². The molecule has 4 rings (SSSR count). The smallest absolute Gasteiger partial charge is 0.154 e. The van der Waals surface area contributed by atoms with Crippen LogP contribution in [0, 0.1) is 0 Å². The lowest BCUT2D eigenvalue weighted by Crippen LogP contribution is -1.94. The summed E-state index contributed by atoms with van der Waals surface area (Å²) in [5.41, 5.74) is 1.89. The molecular weight excluding hydrogens is 270 g/mol. The number of furan rings is 1. The van der Waals surface area contributed by atoms with Crippen LogP contribution in [-0.2, 0) is 0 Å². The summed E-state index contributed by atoms with van der Waals surface area (Å²) in [4.78, 5) is 8.89. The Morgan fingerprint density at radius 3 is 2.85 bits per heavy atom. The molecule has 4 heterocycles. The van der Waals surface area contributed by atoms with E-state index in [2.05, 4.69) is 21.4 Å². The highest BCUT2D eigenvalue weighted by Crippen LogP contribution is 2.35. The Kier molecular flexibility index (Phi) is 2.57. The fourth-order valence-corrected chi connectivity index (χ4v) is 3.01. The van der Waals surface area contributed by atoms with E-state index in [1.165, 1.54) is 0 Å². The Balaban J connectivity index is 1.98. The molecule has 0 saturated carbocycles. The van der Waals surface area contributed by atoms with Gasteiger partial charge in [-0.3, -0.25) is 4.57 Å². The zero-order valence-electron chi connectivity index (χ0n) is 10.5. The first-order chi connectivity index (χ1) is 9.93. The van der Waals surface area contributed by atoms with Crippen LogP contribution in [0.2, 0.25) is 0 Å². The van der Waals surface area contributed by atoms with Gasteiger partial charge in [-0.25, -0.2) is 4.98 Å². The first kappa shape index (κ1) is 11.3. The van der Waals surface area contributed by atoms with Crippen LogP contribution in [0.4, 0.5) is 0 Å². The van der Waals surface area contributed by atoms with Gasteiger partial charge in [-0.05, 0) is 35.7 Å². The fourth-order valence-electron chi connectivity index (χ4n) is 2.24. The third kappa shape index (κ3) is 1.71. The van der Waals surface area contributed by atoms with E-state index < -0.39 is 0 Å². The second-order valence-electron chi connectivity index (χ2n) is 4.32. The van der Waals surface area contributed by atoms with Crippen molar-refractivity contribution in [3.8, 4) is 27.8 Å². The van der Waals surface area contributed by atoms with Crippen molar-refractivity contribution in [2.45, 2.75) is 0 Å². The molecular formula is C15H11N3OS. The highest BCUT2D eigenvalue weighted by Gasteiger charge is 2.18. The SMILES string of the molecule is c1c[nH]c(-n2cnc(-c3ccco3)c2-c2cccs2)c1. The van der Waals surface area contributed by atoms with Crippen LogP contribution < -0.4 is 0 Å². The van der Waals surface area contributed by atoms with E-state index in [1.54, 1.807) is 17.6 Å². The predicted octanol–water partition coefficient (Wildman–Crippen LogP) is 4.19. The summed E-state index contributed by atoms with van der Waals surface area (Å²) in [6, 6.07) is 11.9. The number of hydrogen-bond acceptors (Lipinski definition) is 3. The maximum absolute atomic E-state index is 5.51. The summed E-state index contributed by atoms with van der Waals surface area (Å²) in [6.45, 7) is 0. The van der Waals surface area contributed by atoms with Crippen LogP contribution in [0.15, 0.2) is 65.0 Å². The summed E-state index contributed by atoms with van der Waals surface area (Å²) in [6.07, 6.45) is 5.39. The third-order valence-corrected chi connectivity index (χ3v) is 3.99. The quantitative estimate of drug-likeness (QED) is 0.612. The van der Waals surface area contributed by atoms with Gasteiger partial charge in [0.1, 0.15) is 17.8 Å². The molecule has 0 bridgehead atoms. The molecule has 0 aliphatic rings. The van der Waals surface area contributed by atoms with Crippen LogP contribution in [0.25, 0.3) is 27.8 Å². The number of aromatic nitrogens is 3. The number of H-pyrrole nitrogens is 1.